The number of phenols is 1. The molecule has 1 saturated heterocycles. The molecule has 2 aromatic carbocycles. The second-order valence-corrected chi connectivity index (χ2v) is 7.44. The maximum Gasteiger partial charge on any atom is 0.115 e. The van der Waals surface area contributed by atoms with E-state index in [-0.39, 0.29) is 28.9 Å². The van der Waals surface area contributed by atoms with Gasteiger partial charge < -0.3 is 10.2 Å². The first kappa shape index (κ1) is 18.4. The van der Waals surface area contributed by atoms with Gasteiger partial charge in [0.1, 0.15) is 5.75 Å². The van der Waals surface area contributed by atoms with Crippen LogP contribution in [-0.2, 0) is 12.8 Å². The molecule has 0 amide bonds. The first-order valence-corrected chi connectivity index (χ1v) is 8.88. The van der Waals surface area contributed by atoms with Gasteiger partial charge in [-0.05, 0) is 61.6 Å². The molecule has 1 heterocycles. The number of hydrogen-bond acceptors (Lipinski definition) is 3. The number of piperidine rings is 1. The smallest absolute Gasteiger partial charge is 0.115 e. The summed E-state index contributed by atoms with van der Waals surface area (Å²) in [6.07, 6.45) is 2.81. The van der Waals surface area contributed by atoms with Crippen LogP contribution in [0, 0.1) is 0 Å². The van der Waals surface area contributed by atoms with E-state index < -0.39 is 5.60 Å². The van der Waals surface area contributed by atoms with Gasteiger partial charge in [0, 0.05) is 18.5 Å². The highest BCUT2D eigenvalue weighted by Gasteiger charge is 2.50. The highest BCUT2D eigenvalue weighted by Crippen LogP contribution is 2.47. The first-order chi connectivity index (χ1) is 11.6. The van der Waals surface area contributed by atoms with Gasteiger partial charge in [0.15, 0.2) is 0 Å². The van der Waals surface area contributed by atoms with Crippen molar-refractivity contribution >= 4 is 17.0 Å². The monoisotopic (exact) mass is 403 g/mol. The number of halogens is 1. The van der Waals surface area contributed by atoms with E-state index in [0.717, 1.165) is 37.9 Å². The van der Waals surface area contributed by atoms with Crippen molar-refractivity contribution in [1.29, 1.82) is 0 Å². The minimum atomic E-state index is -0.740. The number of aromatic hydroxyl groups is 1. The zero-order chi connectivity index (χ0) is 16.7. The summed E-state index contributed by atoms with van der Waals surface area (Å²) < 4.78 is 0. The van der Waals surface area contributed by atoms with Crippen LogP contribution < -0.4 is 0 Å². The quantitative estimate of drug-likeness (QED) is 0.821. The Bertz CT molecular complexity index is 732. The van der Waals surface area contributed by atoms with Crippen molar-refractivity contribution in [3.63, 3.8) is 0 Å². The molecule has 0 unspecified atom stereocenters. The fourth-order valence-corrected chi connectivity index (χ4v) is 4.64. The Morgan fingerprint density at radius 3 is 2.68 bits per heavy atom. The molecule has 1 aliphatic carbocycles. The van der Waals surface area contributed by atoms with Gasteiger partial charge in [-0.2, -0.15) is 0 Å². The van der Waals surface area contributed by atoms with Gasteiger partial charge in [-0.3, -0.25) is 4.90 Å². The summed E-state index contributed by atoms with van der Waals surface area (Å²) in [5.74, 6) is 0.417. The summed E-state index contributed by atoms with van der Waals surface area (Å²) >= 11 is 0. The summed E-state index contributed by atoms with van der Waals surface area (Å²) in [5, 5.41) is 21.1. The molecular formula is C21H26BrNO2. The van der Waals surface area contributed by atoms with Gasteiger partial charge >= 0.3 is 0 Å². The Morgan fingerprint density at radius 2 is 1.92 bits per heavy atom. The molecule has 4 heteroatoms. The number of nitrogens with zero attached hydrogens (tertiary/aromatic N) is 1. The van der Waals surface area contributed by atoms with Crippen molar-refractivity contribution in [2.75, 3.05) is 13.1 Å². The summed E-state index contributed by atoms with van der Waals surface area (Å²) in [6.45, 7) is 3.96. The average molecular weight is 404 g/mol. The van der Waals surface area contributed by atoms with Crippen LogP contribution in [0.2, 0.25) is 0 Å². The zero-order valence-electron chi connectivity index (χ0n) is 14.6. The molecule has 134 valence electrons. The van der Waals surface area contributed by atoms with Gasteiger partial charge in [-0.15, -0.1) is 17.0 Å². The molecule has 0 saturated carbocycles. The number of benzene rings is 2. The largest absolute Gasteiger partial charge is 0.508 e. The average Bonchev–Trinajstić information content (AvgIpc) is 2.55. The van der Waals surface area contributed by atoms with Crippen LogP contribution in [-0.4, -0.2) is 39.8 Å². The van der Waals surface area contributed by atoms with Crippen LogP contribution in [0.4, 0.5) is 0 Å². The van der Waals surface area contributed by atoms with E-state index in [1.165, 1.54) is 11.1 Å². The predicted molar refractivity (Wildman–Crippen MR) is 106 cm³/mol. The topological polar surface area (TPSA) is 43.7 Å². The fraction of sp³-hybridized carbons (Fsp3) is 0.429. The number of aliphatic hydroxyl groups is 1. The van der Waals surface area contributed by atoms with Crippen LogP contribution in [0.5, 0.6) is 5.75 Å². The minimum Gasteiger partial charge on any atom is -0.508 e. The molecule has 2 bridgehead atoms. The molecule has 0 aromatic heterocycles. The summed E-state index contributed by atoms with van der Waals surface area (Å²) in [5.41, 5.74) is 3.02. The van der Waals surface area contributed by atoms with Crippen LogP contribution >= 0.6 is 17.0 Å². The van der Waals surface area contributed by atoms with Crippen molar-refractivity contribution in [1.82, 2.24) is 4.90 Å². The second-order valence-electron chi connectivity index (χ2n) is 7.44. The van der Waals surface area contributed by atoms with Crippen molar-refractivity contribution in [2.24, 2.45) is 0 Å². The number of phenolic OH excluding ortho intramolecular Hbond substituents is 1. The number of fused-ring (bicyclic) bond motifs is 4. The van der Waals surface area contributed by atoms with Crippen molar-refractivity contribution < 1.29 is 10.2 Å². The summed E-state index contributed by atoms with van der Waals surface area (Å²) in [4.78, 5) is 2.46. The van der Waals surface area contributed by atoms with Crippen molar-refractivity contribution in [2.45, 2.75) is 43.7 Å². The van der Waals surface area contributed by atoms with Crippen molar-refractivity contribution in [3.8, 4) is 5.75 Å². The Hall–Kier alpha value is -1.36. The number of hydrogen-bond donors (Lipinski definition) is 2. The van der Waals surface area contributed by atoms with E-state index in [1.807, 2.05) is 25.1 Å². The molecule has 3 nitrogen and oxygen atoms in total. The van der Waals surface area contributed by atoms with E-state index in [0.29, 0.717) is 5.75 Å². The molecule has 0 spiro atoms. The van der Waals surface area contributed by atoms with Crippen LogP contribution in [0.1, 0.15) is 36.0 Å². The SMILES string of the molecule is Br.C[C@@]1(O)[C@@H]2Cc3ccc(O)cc3[C@@H]1CCN2CCc1ccccc1. The third kappa shape index (κ3) is 3.35. The van der Waals surface area contributed by atoms with Gasteiger partial charge in [-0.25, -0.2) is 0 Å². The number of rotatable bonds is 3. The molecule has 3 atom stereocenters. The minimum absolute atomic E-state index is 0. The highest BCUT2D eigenvalue weighted by molar-refractivity contribution is 8.93. The third-order valence-electron chi connectivity index (χ3n) is 5.97. The molecule has 25 heavy (non-hydrogen) atoms. The Labute approximate surface area is 160 Å². The first-order valence-electron chi connectivity index (χ1n) is 8.88. The molecule has 2 N–H and O–H groups in total. The Balaban J connectivity index is 0.00000182. The normalized spacial score (nSPS) is 28.1. The fourth-order valence-electron chi connectivity index (χ4n) is 4.64. The summed E-state index contributed by atoms with van der Waals surface area (Å²) in [7, 11) is 0. The van der Waals surface area contributed by atoms with E-state index in [9.17, 15) is 10.2 Å². The lowest BCUT2D eigenvalue weighted by atomic mass is 9.65. The second kappa shape index (κ2) is 7.10. The number of likely N-dealkylation sites (tertiary alicyclic amines) is 1. The van der Waals surface area contributed by atoms with Crippen LogP contribution in [0.15, 0.2) is 48.5 Å². The zero-order valence-corrected chi connectivity index (χ0v) is 16.3. The lowest BCUT2D eigenvalue weighted by Crippen LogP contribution is -2.62. The lowest BCUT2D eigenvalue weighted by Gasteiger charge is -2.53. The summed E-state index contributed by atoms with van der Waals surface area (Å²) in [6, 6.07) is 16.4. The van der Waals surface area contributed by atoms with Crippen LogP contribution in [0.25, 0.3) is 0 Å². The molecule has 2 aliphatic rings. The lowest BCUT2D eigenvalue weighted by molar-refractivity contribution is -0.0903. The molecule has 0 radical (unpaired) electrons. The molecule has 1 fully saturated rings. The van der Waals surface area contributed by atoms with Gasteiger partial charge in [0.25, 0.3) is 0 Å². The van der Waals surface area contributed by atoms with Crippen LogP contribution in [0.3, 0.4) is 0 Å². The highest BCUT2D eigenvalue weighted by atomic mass is 79.9. The van der Waals surface area contributed by atoms with Gasteiger partial charge in [0.05, 0.1) is 5.60 Å². The molecule has 1 aliphatic heterocycles. The predicted octanol–water partition coefficient (Wildman–Crippen LogP) is 3.68. The Morgan fingerprint density at radius 1 is 1.16 bits per heavy atom. The van der Waals surface area contributed by atoms with Gasteiger partial charge in [-0.1, -0.05) is 36.4 Å². The molecular weight excluding hydrogens is 378 g/mol. The third-order valence-corrected chi connectivity index (χ3v) is 5.97. The standard InChI is InChI=1S/C21H25NO2.BrH/c1-21(24)19-10-12-22(11-9-15-5-3-2-4-6-15)20(21)13-16-7-8-17(23)14-18(16)19;/h2-8,14,19-20,23-24H,9-13H2,1H3;1H/t19-,20-,21-;/m0./s1. The maximum absolute atomic E-state index is 11.2. The van der Waals surface area contributed by atoms with E-state index in [1.54, 1.807) is 6.07 Å². The molecule has 2 aromatic rings. The van der Waals surface area contributed by atoms with E-state index in [2.05, 4.69) is 29.2 Å². The van der Waals surface area contributed by atoms with E-state index >= 15 is 0 Å². The molecule has 4 rings (SSSR count). The maximum atomic E-state index is 11.2. The van der Waals surface area contributed by atoms with E-state index in [4.69, 9.17) is 0 Å². The van der Waals surface area contributed by atoms with Gasteiger partial charge in [0.2, 0.25) is 0 Å². The van der Waals surface area contributed by atoms with Crippen molar-refractivity contribution in [3.05, 3.63) is 65.2 Å². The Kier molecular flexibility index (Phi) is 5.24.